The number of carbonyl (C=O) groups excluding carboxylic acids is 15. The Hall–Kier alpha value is -9.51. The van der Waals surface area contributed by atoms with Crippen molar-refractivity contribution in [2.24, 2.45) is 17.4 Å². The number of aromatic nitrogens is 1. The van der Waals surface area contributed by atoms with Crippen LogP contribution in [0.15, 0.2) is 48.7 Å². The van der Waals surface area contributed by atoms with Crippen molar-refractivity contribution in [3.8, 4) is 5.75 Å². The van der Waals surface area contributed by atoms with Crippen LogP contribution in [0.4, 0.5) is 0 Å². The van der Waals surface area contributed by atoms with Crippen LogP contribution >= 0.6 is 23.5 Å². The maximum absolute atomic E-state index is 15.3. The first-order chi connectivity index (χ1) is 51.3. The lowest BCUT2D eigenvalue weighted by molar-refractivity contribution is -0.368. The zero-order chi connectivity index (χ0) is 77.5. The van der Waals surface area contributed by atoms with Gasteiger partial charge in [0.1, 0.15) is 66.2 Å². The van der Waals surface area contributed by atoms with Gasteiger partial charge < -0.3 is 105 Å². The number of thioether (sulfide) groups is 2. The number of nitrogens with zero attached hydrogens (tertiary/aromatic N) is 1. The first kappa shape index (κ1) is 84.7. The number of carboxylic acids is 2. The van der Waals surface area contributed by atoms with Crippen LogP contribution in [0.25, 0.3) is 10.9 Å². The zero-order valence-corrected chi connectivity index (χ0v) is 62.0. The summed E-state index contributed by atoms with van der Waals surface area (Å²) in [7, 11) is 0. The van der Waals surface area contributed by atoms with Crippen molar-refractivity contribution in [1.29, 1.82) is 0 Å². The molecule has 107 heavy (non-hydrogen) atoms. The van der Waals surface area contributed by atoms with E-state index in [1.54, 1.807) is 42.6 Å². The Morgan fingerprint density at radius 1 is 0.589 bits per heavy atom. The van der Waals surface area contributed by atoms with Gasteiger partial charge in [0.25, 0.3) is 0 Å². The molecule has 13 amide bonds. The number of aliphatic carboxylic acids is 2. The van der Waals surface area contributed by atoms with Gasteiger partial charge in [-0.1, -0.05) is 76.1 Å². The van der Waals surface area contributed by atoms with E-state index in [-0.39, 0.29) is 86.5 Å². The molecule has 33 nitrogen and oxygen atoms in total. The topological polar surface area (TPSA) is 530 Å². The van der Waals surface area contributed by atoms with Crippen molar-refractivity contribution in [3.05, 3.63) is 65.4 Å². The second-order valence-electron chi connectivity index (χ2n) is 27.6. The highest BCUT2D eigenvalue weighted by Crippen LogP contribution is 2.32. The van der Waals surface area contributed by atoms with E-state index in [9.17, 15) is 77.3 Å². The highest BCUT2D eigenvalue weighted by Gasteiger charge is 2.42. The molecule has 10 atom stereocenters. The van der Waals surface area contributed by atoms with Crippen molar-refractivity contribution >= 4 is 123 Å². The molecule has 4 bridgehead atoms. The number of quaternary nitrogens is 1. The van der Waals surface area contributed by atoms with Gasteiger partial charge in [-0.15, -0.1) is 0 Å². The molecule has 0 radical (unpaired) electrons. The van der Waals surface area contributed by atoms with Gasteiger partial charge in [0.15, 0.2) is 0 Å². The lowest BCUT2D eigenvalue weighted by Gasteiger charge is -2.32. The Kier molecular flexibility index (Phi) is 34.3. The molecule has 3 aliphatic heterocycles. The average Bonchev–Trinajstić information content (AvgIpc) is 1.74. The number of H-pyrrole nitrogens is 1. The second-order valence-corrected chi connectivity index (χ2v) is 29.6. The second kappa shape index (κ2) is 43.3. The fourth-order valence-electron chi connectivity index (χ4n) is 13.0. The monoisotopic (exact) mass is 1530 g/mol. The molecule has 586 valence electrons. The molecule has 2 fully saturated rings. The van der Waals surface area contributed by atoms with Crippen molar-refractivity contribution < 1.29 is 92.6 Å². The maximum atomic E-state index is 15.3. The molecule has 1 saturated heterocycles. The van der Waals surface area contributed by atoms with Gasteiger partial charge in [-0.25, -0.2) is 0 Å². The smallest absolute Gasteiger partial charge is 0.246 e. The number of unbranched alkanes of at least 4 members (excludes halogenated alkanes) is 2. The van der Waals surface area contributed by atoms with E-state index in [1.165, 1.54) is 16.7 Å². The highest BCUT2D eigenvalue weighted by molar-refractivity contribution is 7.98. The number of amides is 13. The predicted octanol–water partition coefficient (Wildman–Crippen LogP) is -3.08. The van der Waals surface area contributed by atoms with Crippen LogP contribution in [0.2, 0.25) is 0 Å². The van der Waals surface area contributed by atoms with E-state index in [4.69, 9.17) is 16.2 Å². The summed E-state index contributed by atoms with van der Waals surface area (Å²) < 4.78 is 6.29. The van der Waals surface area contributed by atoms with Gasteiger partial charge in [0.2, 0.25) is 76.8 Å². The van der Waals surface area contributed by atoms with Gasteiger partial charge in [-0.2, -0.15) is 23.5 Å². The number of ether oxygens (including phenoxy) is 1. The molecule has 0 spiro atoms. The third-order valence-electron chi connectivity index (χ3n) is 19.1. The summed E-state index contributed by atoms with van der Waals surface area (Å²) in [4.78, 5) is 214. The molecular weight excluding hydrogens is 1430 g/mol. The van der Waals surface area contributed by atoms with Crippen LogP contribution in [-0.4, -0.2) is 197 Å². The molecule has 4 heterocycles. The minimum absolute atomic E-state index is 0.0266. The number of nitrogens with two attached hydrogens (primary N) is 2. The van der Waals surface area contributed by atoms with Gasteiger partial charge in [-0.3, -0.25) is 62.3 Å². The summed E-state index contributed by atoms with van der Waals surface area (Å²) >= 11 is 2.40. The summed E-state index contributed by atoms with van der Waals surface area (Å²) in [5, 5.41) is 51.3. The number of rotatable bonds is 20. The van der Waals surface area contributed by atoms with Crippen LogP contribution in [0.5, 0.6) is 5.75 Å². The number of carboxylic acid groups (broad SMARTS) is 2. The number of hydrogen-bond acceptors (Lipinski definition) is 20. The maximum Gasteiger partial charge on any atom is 0.246 e. The summed E-state index contributed by atoms with van der Waals surface area (Å²) in [6.45, 7) is 2.20. The quantitative estimate of drug-likeness (QED) is 0.0499. The molecule has 1 aromatic heterocycles. The van der Waals surface area contributed by atoms with Crippen LogP contribution in [0.1, 0.15) is 165 Å². The standard InChI is InChI=1S/C72H103N15O18S2/c1-2-3-17-49-65(97)84-54(34-62(93)94)70(102)82-52(32-41-14-12-15-41)68(100)83-53(33-44-35-76-47-18-8-7-16-46(44)47)69(101)80-50(22-24-58(74)88)66(98)79-51(23-25-61(91)92)67(99)85-55(63(75)95)39-106-37-42-29-43-31-45(30-42)105-28-11-5-4-6-21-59(89)77-36-60(90)78-48(19-9-10-26-73)64(96)86-56(40-107-38-43)72(104)87-27-13-20-57(87)71(103)81-49/h7-8,16,18,29-31,35,41,48-57,76H,2-6,9-15,17,19-28,32-34,36-40,73H2,1H3,(H2,74,88)(H2,75,95)(H,77,89)(H,78,90)(H,79,98)(H,80,101)(H,81,103)(H,82,102)(H,83,100)(H,84,97)(H,85,99)(H,86,96)(H,91,92)(H,93,94)/p-1/t48-,49-,50-,51-,52-,53-,54-,55-,56-,57-/m0/s1. The summed E-state index contributed by atoms with van der Waals surface area (Å²) in [6, 6.07) is -2.87. The predicted molar refractivity (Wildman–Crippen MR) is 389 cm³/mol. The molecule has 1 aliphatic carbocycles. The Bertz CT molecular complexity index is 3650. The van der Waals surface area contributed by atoms with Gasteiger partial charge in [0.05, 0.1) is 19.7 Å². The number of carbonyl (C=O) groups is 15. The molecule has 7 rings (SSSR count). The molecule has 18 N–H and O–H groups in total. The van der Waals surface area contributed by atoms with Crippen molar-refractivity contribution in [1.82, 2.24) is 63.1 Å². The Morgan fingerprint density at radius 3 is 1.84 bits per heavy atom. The molecule has 0 unspecified atom stereocenters. The number of benzene rings is 2. The first-order valence-corrected chi connectivity index (χ1v) is 39.1. The molecular formula is C72H102N15O18S2-. The lowest BCUT2D eigenvalue weighted by Crippen LogP contribution is -2.61. The zero-order valence-electron chi connectivity index (χ0n) is 60.4. The number of hydrogen-bond donors (Lipinski definition) is 14. The van der Waals surface area contributed by atoms with Gasteiger partial charge in [-0.05, 0) is 118 Å². The van der Waals surface area contributed by atoms with Crippen LogP contribution in [0.3, 0.4) is 0 Å². The average molecular weight is 1530 g/mol. The normalized spacial score (nSPS) is 24.9. The minimum Gasteiger partial charge on any atom is -0.550 e. The Labute approximate surface area is 628 Å². The van der Waals surface area contributed by atoms with E-state index < -0.39 is 182 Å². The van der Waals surface area contributed by atoms with Gasteiger partial charge >= 0.3 is 0 Å². The Morgan fingerprint density at radius 2 is 1.18 bits per heavy atom. The van der Waals surface area contributed by atoms with Crippen molar-refractivity contribution in [3.63, 3.8) is 0 Å². The van der Waals surface area contributed by atoms with Crippen molar-refractivity contribution in [2.45, 2.75) is 227 Å². The van der Waals surface area contributed by atoms with Crippen LogP contribution in [-0.2, 0) is 89.8 Å². The van der Waals surface area contributed by atoms with E-state index in [2.05, 4.69) is 63.9 Å². The first-order valence-electron chi connectivity index (χ1n) is 36.8. The minimum atomic E-state index is -1.94. The molecule has 3 aromatic rings. The molecule has 4 aliphatic rings. The van der Waals surface area contributed by atoms with Gasteiger partial charge in [0, 0.05) is 84.3 Å². The number of para-hydroxylation sites is 1. The number of aromatic amines is 1. The third-order valence-corrected chi connectivity index (χ3v) is 21.3. The molecule has 35 heteroatoms. The molecule has 2 aromatic carbocycles. The van der Waals surface area contributed by atoms with E-state index in [0.717, 1.165) is 18.2 Å². The van der Waals surface area contributed by atoms with Crippen molar-refractivity contribution in [2.75, 3.05) is 37.7 Å². The van der Waals surface area contributed by atoms with Crippen LogP contribution in [0, 0.1) is 5.92 Å². The van der Waals surface area contributed by atoms with Crippen LogP contribution < -0.4 is 85.3 Å². The fraction of sp³-hybridized carbons (Fsp3) is 0.597. The summed E-state index contributed by atoms with van der Waals surface area (Å²) in [5.74, 6) is -14.6. The van der Waals surface area contributed by atoms with E-state index in [1.807, 2.05) is 13.0 Å². The van der Waals surface area contributed by atoms with E-state index in [0.29, 0.717) is 111 Å². The largest absolute Gasteiger partial charge is 0.550 e. The lowest BCUT2D eigenvalue weighted by atomic mass is 9.80. The highest BCUT2D eigenvalue weighted by atomic mass is 32.2. The molecule has 1 saturated carbocycles. The number of primary amides is 2. The summed E-state index contributed by atoms with van der Waals surface area (Å²) in [6.07, 6.45) is 4.58. The third kappa shape index (κ3) is 27.7. The summed E-state index contributed by atoms with van der Waals surface area (Å²) in [5.41, 5.74) is 17.8. The SMILES string of the molecule is CCCC[C@@H]1NC(=O)[C@@H]2CCCN2C(=O)[C@@H]2CSCc3cc(cc(c3)OCCCCCCC(=O)NCC(=O)N[C@@H](CCCC[NH3+])C(=O)N2)CSC[C@@H](C(N)=O)NC(=O)[C@H](CCC(=O)[O-])NC(=O)[C@H](CCC(N)=O)NC(=O)[C@H](Cc2c[nH]c3ccccc23)NC(=O)[C@H](CC2CCC2)NC(=O)[C@H](CC(=O)[O-])NC1=O. The Balaban J connectivity index is 1.29. The number of nitrogens with one attached hydrogen (secondary N) is 11. The van der Waals surface area contributed by atoms with E-state index >= 15 is 4.79 Å². The number of fused-ring (bicyclic) bond motifs is 7. The fourth-order valence-corrected chi connectivity index (χ4v) is 15.0.